The Morgan fingerprint density at radius 1 is 1.04 bits per heavy atom. The lowest BCUT2D eigenvalue weighted by molar-refractivity contribution is 0.335. The molecule has 2 rings (SSSR count). The molecule has 0 aliphatic heterocycles. The third-order valence-corrected chi connectivity index (χ3v) is 5.38. The monoisotopic (exact) mass is 347 g/mol. The molecule has 0 radical (unpaired) electrons. The second-order valence-electron chi connectivity index (χ2n) is 6.04. The fraction of sp³-hybridized carbons (Fsp3) is 0.368. The zero-order valence-corrected chi connectivity index (χ0v) is 15.4. The van der Waals surface area contributed by atoms with E-state index in [4.69, 9.17) is 4.74 Å². The van der Waals surface area contributed by atoms with E-state index in [0.29, 0.717) is 6.61 Å². The van der Waals surface area contributed by atoms with Crippen LogP contribution >= 0.6 is 0 Å². The Hall–Kier alpha value is -1.85. The van der Waals surface area contributed by atoms with Gasteiger partial charge in [-0.05, 0) is 49.1 Å². The Bertz CT molecular complexity index is 770. The SMILES string of the molecule is CCOc1ccc(S(=O)(=O)NC(C)c2ccccc2)cc1C(C)C. The largest absolute Gasteiger partial charge is 0.494 e. The summed E-state index contributed by atoms with van der Waals surface area (Å²) < 4.78 is 33.8. The summed E-state index contributed by atoms with van der Waals surface area (Å²) in [5.41, 5.74) is 1.82. The van der Waals surface area contributed by atoms with Crippen molar-refractivity contribution in [1.29, 1.82) is 0 Å². The van der Waals surface area contributed by atoms with E-state index in [0.717, 1.165) is 16.9 Å². The molecular formula is C19H25NO3S. The lowest BCUT2D eigenvalue weighted by atomic mass is 10.0. The van der Waals surface area contributed by atoms with Crippen molar-refractivity contribution in [2.45, 2.75) is 44.6 Å². The fourth-order valence-electron chi connectivity index (χ4n) is 2.54. The van der Waals surface area contributed by atoms with Gasteiger partial charge in [0.15, 0.2) is 0 Å². The molecule has 2 aromatic carbocycles. The molecule has 0 aromatic heterocycles. The Labute approximate surface area is 144 Å². The molecule has 1 atom stereocenters. The third kappa shape index (κ3) is 4.36. The molecule has 2 aromatic rings. The van der Waals surface area contributed by atoms with Gasteiger partial charge in [0, 0.05) is 6.04 Å². The van der Waals surface area contributed by atoms with Crippen LogP contribution in [0.15, 0.2) is 53.4 Å². The fourth-order valence-corrected chi connectivity index (χ4v) is 3.81. The van der Waals surface area contributed by atoms with E-state index in [9.17, 15) is 8.42 Å². The second kappa shape index (κ2) is 7.81. The van der Waals surface area contributed by atoms with Crippen LogP contribution in [0.2, 0.25) is 0 Å². The maximum Gasteiger partial charge on any atom is 0.241 e. The Morgan fingerprint density at radius 3 is 2.29 bits per heavy atom. The summed E-state index contributed by atoms with van der Waals surface area (Å²) in [6.45, 7) is 8.35. The van der Waals surface area contributed by atoms with Gasteiger partial charge in [-0.25, -0.2) is 13.1 Å². The summed E-state index contributed by atoms with van der Waals surface area (Å²) in [5, 5.41) is 0. The van der Waals surface area contributed by atoms with E-state index in [1.54, 1.807) is 18.2 Å². The number of sulfonamides is 1. The first-order valence-corrected chi connectivity index (χ1v) is 9.67. The zero-order chi connectivity index (χ0) is 17.7. The number of rotatable bonds is 7. The van der Waals surface area contributed by atoms with E-state index >= 15 is 0 Å². The van der Waals surface area contributed by atoms with Crippen LogP contribution in [0.5, 0.6) is 5.75 Å². The Balaban J connectivity index is 2.30. The molecule has 0 spiro atoms. The molecule has 1 unspecified atom stereocenters. The van der Waals surface area contributed by atoms with Crippen molar-refractivity contribution in [3.8, 4) is 5.75 Å². The summed E-state index contributed by atoms with van der Waals surface area (Å²) in [5.74, 6) is 0.913. The average molecular weight is 347 g/mol. The van der Waals surface area contributed by atoms with Crippen LogP contribution in [0.1, 0.15) is 50.8 Å². The molecule has 0 saturated heterocycles. The number of hydrogen-bond donors (Lipinski definition) is 1. The van der Waals surface area contributed by atoms with Crippen LogP contribution in [-0.2, 0) is 10.0 Å². The minimum absolute atomic E-state index is 0.174. The number of hydrogen-bond acceptors (Lipinski definition) is 3. The van der Waals surface area contributed by atoms with Gasteiger partial charge in [-0.2, -0.15) is 0 Å². The van der Waals surface area contributed by atoms with E-state index in [2.05, 4.69) is 4.72 Å². The van der Waals surface area contributed by atoms with Crippen molar-refractivity contribution >= 4 is 10.0 Å². The molecule has 0 saturated carbocycles. The third-order valence-electron chi connectivity index (χ3n) is 3.84. The first-order valence-electron chi connectivity index (χ1n) is 8.19. The molecule has 0 aliphatic rings. The topological polar surface area (TPSA) is 55.4 Å². The summed E-state index contributed by atoms with van der Waals surface area (Å²) >= 11 is 0. The van der Waals surface area contributed by atoms with Crippen molar-refractivity contribution in [3.05, 3.63) is 59.7 Å². The summed E-state index contributed by atoms with van der Waals surface area (Å²) in [4.78, 5) is 0.262. The highest BCUT2D eigenvalue weighted by Crippen LogP contribution is 2.29. The summed E-state index contributed by atoms with van der Waals surface area (Å²) in [7, 11) is -3.60. The molecule has 0 heterocycles. The van der Waals surface area contributed by atoms with E-state index < -0.39 is 10.0 Å². The van der Waals surface area contributed by atoms with Gasteiger partial charge >= 0.3 is 0 Å². The van der Waals surface area contributed by atoms with Gasteiger partial charge in [0.2, 0.25) is 10.0 Å². The molecule has 4 nitrogen and oxygen atoms in total. The smallest absolute Gasteiger partial charge is 0.241 e. The van der Waals surface area contributed by atoms with Crippen LogP contribution in [0, 0.1) is 0 Å². The quantitative estimate of drug-likeness (QED) is 0.815. The van der Waals surface area contributed by atoms with Gasteiger partial charge < -0.3 is 4.74 Å². The van der Waals surface area contributed by atoms with Crippen LogP contribution in [-0.4, -0.2) is 15.0 Å². The predicted octanol–water partition coefficient (Wildman–Crippen LogP) is 4.25. The molecule has 5 heteroatoms. The van der Waals surface area contributed by atoms with E-state index in [-0.39, 0.29) is 16.9 Å². The minimum Gasteiger partial charge on any atom is -0.494 e. The number of nitrogens with one attached hydrogen (secondary N) is 1. The van der Waals surface area contributed by atoms with Crippen molar-refractivity contribution in [2.24, 2.45) is 0 Å². The van der Waals surface area contributed by atoms with Crippen molar-refractivity contribution in [2.75, 3.05) is 6.61 Å². The van der Waals surface area contributed by atoms with Gasteiger partial charge in [-0.3, -0.25) is 0 Å². The molecule has 130 valence electrons. The predicted molar refractivity (Wildman–Crippen MR) is 96.9 cm³/mol. The highest BCUT2D eigenvalue weighted by molar-refractivity contribution is 7.89. The van der Waals surface area contributed by atoms with Gasteiger partial charge in [0.25, 0.3) is 0 Å². The Kier molecular flexibility index (Phi) is 6.02. The molecular weight excluding hydrogens is 322 g/mol. The lowest BCUT2D eigenvalue weighted by Gasteiger charge is -2.17. The zero-order valence-electron chi connectivity index (χ0n) is 14.6. The van der Waals surface area contributed by atoms with Gasteiger partial charge in [0.05, 0.1) is 11.5 Å². The highest BCUT2D eigenvalue weighted by atomic mass is 32.2. The van der Waals surface area contributed by atoms with Crippen molar-refractivity contribution < 1.29 is 13.2 Å². The van der Waals surface area contributed by atoms with Crippen LogP contribution in [0.4, 0.5) is 0 Å². The summed E-state index contributed by atoms with van der Waals surface area (Å²) in [6.07, 6.45) is 0. The van der Waals surface area contributed by atoms with E-state index in [1.165, 1.54) is 0 Å². The molecule has 24 heavy (non-hydrogen) atoms. The maximum atomic E-state index is 12.7. The van der Waals surface area contributed by atoms with Crippen molar-refractivity contribution in [1.82, 2.24) is 4.72 Å². The maximum absolute atomic E-state index is 12.7. The highest BCUT2D eigenvalue weighted by Gasteiger charge is 2.20. The van der Waals surface area contributed by atoms with Crippen LogP contribution in [0.3, 0.4) is 0 Å². The standard InChI is InChI=1S/C19H25NO3S/c1-5-23-19-12-11-17(13-18(19)14(2)3)24(21,22)20-15(4)16-9-7-6-8-10-16/h6-15,20H,5H2,1-4H3. The Morgan fingerprint density at radius 2 is 1.71 bits per heavy atom. The average Bonchev–Trinajstić information content (AvgIpc) is 2.55. The molecule has 1 N–H and O–H groups in total. The van der Waals surface area contributed by atoms with Crippen molar-refractivity contribution in [3.63, 3.8) is 0 Å². The minimum atomic E-state index is -3.60. The van der Waals surface area contributed by atoms with Crippen LogP contribution < -0.4 is 9.46 Å². The van der Waals surface area contributed by atoms with Gasteiger partial charge in [-0.15, -0.1) is 0 Å². The van der Waals surface area contributed by atoms with E-state index in [1.807, 2.05) is 58.0 Å². The number of ether oxygens (including phenoxy) is 1. The van der Waals surface area contributed by atoms with Gasteiger partial charge in [-0.1, -0.05) is 44.2 Å². The first kappa shape index (κ1) is 18.5. The lowest BCUT2D eigenvalue weighted by Crippen LogP contribution is -2.27. The second-order valence-corrected chi connectivity index (χ2v) is 7.75. The summed E-state index contributed by atoms with van der Waals surface area (Å²) in [6, 6.07) is 14.3. The molecule has 0 bridgehead atoms. The van der Waals surface area contributed by atoms with Crippen LogP contribution in [0.25, 0.3) is 0 Å². The molecule has 0 fully saturated rings. The van der Waals surface area contributed by atoms with Gasteiger partial charge in [0.1, 0.15) is 5.75 Å². The molecule has 0 amide bonds. The molecule has 0 aliphatic carbocycles. The normalized spacial score (nSPS) is 13.0. The first-order chi connectivity index (χ1) is 11.3. The number of benzene rings is 2.